The zero-order valence-corrected chi connectivity index (χ0v) is 11.7. The molecule has 2 N–H and O–H groups in total. The van der Waals surface area contributed by atoms with E-state index < -0.39 is 0 Å². The number of aromatic nitrogens is 4. The number of hydrogen-bond acceptors (Lipinski definition) is 4. The van der Waals surface area contributed by atoms with Crippen molar-refractivity contribution in [2.45, 2.75) is 19.8 Å². The molecule has 0 amide bonds. The van der Waals surface area contributed by atoms with Crippen LogP contribution in [0.3, 0.4) is 0 Å². The Kier molecular flexibility index (Phi) is 3.10. The van der Waals surface area contributed by atoms with Crippen LogP contribution in [0.4, 0.5) is 5.82 Å². The largest absolute Gasteiger partial charge is 0.383 e. The molecule has 0 fully saturated rings. The molecule has 0 unspecified atom stereocenters. The van der Waals surface area contributed by atoms with E-state index in [0.29, 0.717) is 5.82 Å². The number of benzene rings is 1. The Labute approximate surface area is 117 Å². The quantitative estimate of drug-likeness (QED) is 0.791. The van der Waals surface area contributed by atoms with Crippen molar-refractivity contribution in [2.75, 3.05) is 5.73 Å². The van der Waals surface area contributed by atoms with Crippen molar-refractivity contribution in [3.63, 3.8) is 0 Å². The third kappa shape index (κ3) is 2.01. The lowest BCUT2D eigenvalue weighted by molar-refractivity contribution is 0.788. The zero-order chi connectivity index (χ0) is 14.1. The molecule has 0 aliphatic carbocycles. The van der Waals surface area contributed by atoms with Crippen LogP contribution in [-0.2, 0) is 13.5 Å². The first-order valence-corrected chi connectivity index (χ1v) is 6.73. The third-order valence-corrected chi connectivity index (χ3v) is 3.42. The van der Waals surface area contributed by atoms with Crippen molar-refractivity contribution < 1.29 is 0 Å². The lowest BCUT2D eigenvalue weighted by Crippen LogP contribution is -1.95. The van der Waals surface area contributed by atoms with E-state index >= 15 is 0 Å². The molecular formula is C15H17N5. The highest BCUT2D eigenvalue weighted by Crippen LogP contribution is 2.29. The standard InChI is InChI=1S/C15H17N5/c1-3-4-10-5-7-11(8-6-10)13-12-14(16)17-9-18-15(12)20(2)19-13/h5-9H,3-4H2,1-2H3,(H2,16,17,18). The first-order chi connectivity index (χ1) is 9.70. The van der Waals surface area contributed by atoms with E-state index in [1.54, 1.807) is 4.68 Å². The maximum absolute atomic E-state index is 5.98. The van der Waals surface area contributed by atoms with Gasteiger partial charge in [0.2, 0.25) is 0 Å². The van der Waals surface area contributed by atoms with E-state index in [1.165, 1.54) is 11.9 Å². The van der Waals surface area contributed by atoms with Gasteiger partial charge < -0.3 is 5.73 Å². The summed E-state index contributed by atoms with van der Waals surface area (Å²) in [5.74, 6) is 0.468. The van der Waals surface area contributed by atoms with Crippen molar-refractivity contribution in [1.82, 2.24) is 19.7 Å². The van der Waals surface area contributed by atoms with E-state index in [0.717, 1.165) is 35.1 Å². The van der Waals surface area contributed by atoms with Crippen molar-refractivity contribution in [2.24, 2.45) is 7.05 Å². The number of fused-ring (bicyclic) bond motifs is 1. The molecule has 102 valence electrons. The summed E-state index contributed by atoms with van der Waals surface area (Å²) >= 11 is 0. The summed E-state index contributed by atoms with van der Waals surface area (Å²) in [7, 11) is 1.86. The lowest BCUT2D eigenvalue weighted by atomic mass is 10.0. The number of nitrogens with two attached hydrogens (primary N) is 1. The van der Waals surface area contributed by atoms with Crippen LogP contribution in [-0.4, -0.2) is 19.7 Å². The second-order valence-corrected chi connectivity index (χ2v) is 4.88. The molecule has 5 nitrogen and oxygen atoms in total. The molecule has 20 heavy (non-hydrogen) atoms. The van der Waals surface area contributed by atoms with Gasteiger partial charge >= 0.3 is 0 Å². The molecule has 0 atom stereocenters. The number of nitrogen functional groups attached to an aromatic ring is 1. The minimum Gasteiger partial charge on any atom is -0.383 e. The van der Waals surface area contributed by atoms with Gasteiger partial charge in [-0.15, -0.1) is 0 Å². The van der Waals surface area contributed by atoms with Gasteiger partial charge in [0, 0.05) is 12.6 Å². The third-order valence-electron chi connectivity index (χ3n) is 3.42. The van der Waals surface area contributed by atoms with Gasteiger partial charge in [-0.3, -0.25) is 0 Å². The maximum atomic E-state index is 5.98. The van der Waals surface area contributed by atoms with Crippen LogP contribution in [0, 0.1) is 0 Å². The molecule has 0 aliphatic heterocycles. The number of aryl methyl sites for hydroxylation is 2. The molecule has 0 aliphatic rings. The van der Waals surface area contributed by atoms with Gasteiger partial charge in [0.25, 0.3) is 0 Å². The van der Waals surface area contributed by atoms with Gasteiger partial charge in [0.15, 0.2) is 5.65 Å². The molecular weight excluding hydrogens is 250 g/mol. The van der Waals surface area contributed by atoms with E-state index in [2.05, 4.69) is 46.3 Å². The fourth-order valence-electron chi connectivity index (χ4n) is 2.43. The molecule has 2 heterocycles. The summed E-state index contributed by atoms with van der Waals surface area (Å²) in [4.78, 5) is 8.31. The number of anilines is 1. The summed E-state index contributed by atoms with van der Waals surface area (Å²) in [6, 6.07) is 8.44. The van der Waals surface area contributed by atoms with Gasteiger partial charge in [-0.1, -0.05) is 37.6 Å². The molecule has 3 rings (SSSR count). The van der Waals surface area contributed by atoms with Gasteiger partial charge in [-0.05, 0) is 12.0 Å². The van der Waals surface area contributed by atoms with Crippen molar-refractivity contribution in [1.29, 1.82) is 0 Å². The second-order valence-electron chi connectivity index (χ2n) is 4.88. The van der Waals surface area contributed by atoms with Crippen LogP contribution >= 0.6 is 0 Å². The fraction of sp³-hybridized carbons (Fsp3) is 0.267. The Morgan fingerprint density at radius 2 is 1.90 bits per heavy atom. The van der Waals surface area contributed by atoms with E-state index in [4.69, 9.17) is 5.73 Å². The predicted octanol–water partition coefficient (Wildman–Crippen LogP) is 2.57. The molecule has 2 aromatic heterocycles. The Hall–Kier alpha value is -2.43. The van der Waals surface area contributed by atoms with Gasteiger partial charge in [0.1, 0.15) is 17.8 Å². The average molecular weight is 267 g/mol. The molecule has 0 spiro atoms. The van der Waals surface area contributed by atoms with Gasteiger partial charge in [-0.25, -0.2) is 14.6 Å². The van der Waals surface area contributed by atoms with E-state index in [-0.39, 0.29) is 0 Å². The topological polar surface area (TPSA) is 69.6 Å². The minimum atomic E-state index is 0.468. The molecule has 0 bridgehead atoms. The summed E-state index contributed by atoms with van der Waals surface area (Å²) < 4.78 is 1.74. The predicted molar refractivity (Wildman–Crippen MR) is 80.1 cm³/mol. The monoisotopic (exact) mass is 267 g/mol. The summed E-state index contributed by atoms with van der Waals surface area (Å²) in [6.07, 6.45) is 3.70. The first-order valence-electron chi connectivity index (χ1n) is 6.73. The molecule has 3 aromatic rings. The summed E-state index contributed by atoms with van der Waals surface area (Å²) in [5, 5.41) is 5.35. The smallest absolute Gasteiger partial charge is 0.163 e. The Morgan fingerprint density at radius 1 is 1.15 bits per heavy atom. The number of rotatable bonds is 3. The molecule has 0 radical (unpaired) electrons. The summed E-state index contributed by atoms with van der Waals surface area (Å²) in [5.41, 5.74) is 9.95. The average Bonchev–Trinajstić information content (AvgIpc) is 2.79. The molecule has 1 aromatic carbocycles. The maximum Gasteiger partial charge on any atom is 0.163 e. The van der Waals surface area contributed by atoms with Crippen molar-refractivity contribution in [3.05, 3.63) is 36.2 Å². The lowest BCUT2D eigenvalue weighted by Gasteiger charge is -2.02. The molecule has 5 heteroatoms. The Morgan fingerprint density at radius 3 is 2.60 bits per heavy atom. The minimum absolute atomic E-state index is 0.468. The van der Waals surface area contributed by atoms with E-state index in [9.17, 15) is 0 Å². The van der Waals surface area contributed by atoms with Crippen molar-refractivity contribution in [3.8, 4) is 11.3 Å². The zero-order valence-electron chi connectivity index (χ0n) is 11.7. The highest BCUT2D eigenvalue weighted by molar-refractivity contribution is 5.98. The SMILES string of the molecule is CCCc1ccc(-c2nn(C)c3ncnc(N)c23)cc1. The van der Waals surface area contributed by atoms with Crippen LogP contribution in [0.5, 0.6) is 0 Å². The van der Waals surface area contributed by atoms with Gasteiger partial charge in [-0.2, -0.15) is 5.10 Å². The van der Waals surface area contributed by atoms with E-state index in [1.807, 2.05) is 7.05 Å². The second kappa shape index (κ2) is 4.92. The van der Waals surface area contributed by atoms with Crippen LogP contribution in [0.25, 0.3) is 22.3 Å². The normalized spacial score (nSPS) is 11.1. The Bertz CT molecular complexity index is 743. The van der Waals surface area contributed by atoms with Crippen LogP contribution in [0.15, 0.2) is 30.6 Å². The highest BCUT2D eigenvalue weighted by atomic mass is 15.3. The number of hydrogen-bond donors (Lipinski definition) is 1. The van der Waals surface area contributed by atoms with Gasteiger partial charge in [0.05, 0.1) is 5.39 Å². The molecule has 0 saturated heterocycles. The van der Waals surface area contributed by atoms with Crippen LogP contribution in [0.2, 0.25) is 0 Å². The number of nitrogens with zero attached hydrogens (tertiary/aromatic N) is 4. The van der Waals surface area contributed by atoms with Crippen LogP contribution in [0.1, 0.15) is 18.9 Å². The highest BCUT2D eigenvalue weighted by Gasteiger charge is 2.14. The summed E-state index contributed by atoms with van der Waals surface area (Å²) in [6.45, 7) is 2.18. The Balaban J connectivity index is 2.14. The first kappa shape index (κ1) is 12.6. The van der Waals surface area contributed by atoms with Crippen molar-refractivity contribution >= 4 is 16.9 Å². The van der Waals surface area contributed by atoms with Crippen LogP contribution < -0.4 is 5.73 Å². The fourth-order valence-corrected chi connectivity index (χ4v) is 2.43. The molecule has 0 saturated carbocycles.